The fraction of sp³-hybridized carbons (Fsp3) is 0.167. The number of aromatic nitrogens is 2. The van der Waals surface area contributed by atoms with E-state index in [1.807, 2.05) is 13.0 Å². The summed E-state index contributed by atoms with van der Waals surface area (Å²) in [4.78, 5) is 12.1. The number of aryl methyl sites for hydroxylation is 2. The van der Waals surface area contributed by atoms with Gasteiger partial charge in [0.1, 0.15) is 5.82 Å². The molecule has 1 aromatic heterocycles. The highest BCUT2D eigenvalue weighted by molar-refractivity contribution is 6.31. The van der Waals surface area contributed by atoms with E-state index in [-0.39, 0.29) is 18.1 Å². The molecule has 3 aromatic rings. The van der Waals surface area contributed by atoms with E-state index in [0.717, 1.165) is 5.56 Å². The average molecular weight is 360 g/mol. The van der Waals surface area contributed by atoms with Crippen molar-refractivity contribution in [3.63, 3.8) is 0 Å². The van der Waals surface area contributed by atoms with E-state index in [2.05, 4.69) is 15.5 Å². The smallest absolute Gasteiger partial charge is 0.247 e. The Morgan fingerprint density at radius 3 is 2.72 bits per heavy atom. The molecule has 5 nitrogen and oxygen atoms in total. The maximum absolute atomic E-state index is 12.9. The lowest BCUT2D eigenvalue weighted by atomic mass is 10.2. The Kier molecular flexibility index (Phi) is 5.09. The van der Waals surface area contributed by atoms with Crippen LogP contribution >= 0.6 is 11.6 Å². The first-order chi connectivity index (χ1) is 12.0. The molecule has 0 bridgehead atoms. The van der Waals surface area contributed by atoms with Gasteiger partial charge in [-0.15, -0.1) is 10.2 Å². The van der Waals surface area contributed by atoms with Crippen LogP contribution in [0.5, 0.6) is 0 Å². The van der Waals surface area contributed by atoms with Crippen molar-refractivity contribution in [2.24, 2.45) is 0 Å². The van der Waals surface area contributed by atoms with Crippen molar-refractivity contribution in [2.45, 2.75) is 19.8 Å². The second-order valence-electron chi connectivity index (χ2n) is 5.52. The standard InChI is InChI=1S/C18H15ClFN3O2/c1-11-2-5-13(19)10-15(11)21-16(24)8-9-17-22-23-18(25-17)12-3-6-14(20)7-4-12/h2-7,10H,8-9H2,1H3,(H,21,24). The van der Waals surface area contributed by atoms with Gasteiger partial charge in [0.15, 0.2) is 0 Å². The highest BCUT2D eigenvalue weighted by atomic mass is 35.5. The number of anilines is 1. The molecule has 0 radical (unpaired) electrons. The Hall–Kier alpha value is -2.73. The predicted octanol–water partition coefficient (Wildman–Crippen LogP) is 4.41. The fourth-order valence-electron chi connectivity index (χ4n) is 2.23. The molecule has 1 heterocycles. The highest BCUT2D eigenvalue weighted by Gasteiger charge is 2.11. The molecule has 7 heteroatoms. The van der Waals surface area contributed by atoms with Crippen LogP contribution in [0.2, 0.25) is 5.02 Å². The Morgan fingerprint density at radius 2 is 1.96 bits per heavy atom. The normalized spacial score (nSPS) is 10.7. The summed E-state index contributed by atoms with van der Waals surface area (Å²) in [6, 6.07) is 11.1. The molecule has 128 valence electrons. The molecular weight excluding hydrogens is 345 g/mol. The number of halogens is 2. The second-order valence-corrected chi connectivity index (χ2v) is 5.95. The average Bonchev–Trinajstić information content (AvgIpc) is 3.06. The summed E-state index contributed by atoms with van der Waals surface area (Å²) in [5, 5.41) is 11.2. The summed E-state index contributed by atoms with van der Waals surface area (Å²) < 4.78 is 18.4. The van der Waals surface area contributed by atoms with Gasteiger partial charge in [0.25, 0.3) is 0 Å². The summed E-state index contributed by atoms with van der Waals surface area (Å²) in [5.41, 5.74) is 2.23. The van der Waals surface area contributed by atoms with Gasteiger partial charge in [-0.25, -0.2) is 4.39 Å². The molecule has 2 aromatic carbocycles. The minimum absolute atomic E-state index is 0.174. The number of carbonyl (C=O) groups is 1. The second kappa shape index (κ2) is 7.44. The van der Waals surface area contributed by atoms with E-state index in [1.165, 1.54) is 12.1 Å². The van der Waals surface area contributed by atoms with Crippen molar-refractivity contribution in [1.29, 1.82) is 0 Å². The summed E-state index contributed by atoms with van der Waals surface area (Å²) >= 11 is 5.94. The van der Waals surface area contributed by atoms with Crippen LogP contribution in [0.3, 0.4) is 0 Å². The summed E-state index contributed by atoms with van der Waals surface area (Å²) in [6.07, 6.45) is 0.497. The molecule has 0 saturated carbocycles. The third-order valence-corrected chi connectivity index (χ3v) is 3.83. The van der Waals surface area contributed by atoms with Crippen LogP contribution < -0.4 is 5.32 Å². The quantitative estimate of drug-likeness (QED) is 0.732. The van der Waals surface area contributed by atoms with Crippen LogP contribution in [0.25, 0.3) is 11.5 Å². The lowest BCUT2D eigenvalue weighted by molar-refractivity contribution is -0.116. The van der Waals surface area contributed by atoms with Gasteiger partial charge in [0.05, 0.1) is 0 Å². The van der Waals surface area contributed by atoms with Gasteiger partial charge in [-0.2, -0.15) is 0 Å². The van der Waals surface area contributed by atoms with Crippen molar-refractivity contribution < 1.29 is 13.6 Å². The van der Waals surface area contributed by atoms with Gasteiger partial charge in [-0.05, 0) is 48.9 Å². The highest BCUT2D eigenvalue weighted by Crippen LogP contribution is 2.21. The first kappa shape index (κ1) is 17.1. The maximum Gasteiger partial charge on any atom is 0.247 e. The number of nitrogens with zero attached hydrogens (tertiary/aromatic N) is 2. The first-order valence-corrected chi connectivity index (χ1v) is 8.03. The topological polar surface area (TPSA) is 68.0 Å². The van der Waals surface area contributed by atoms with Crippen LogP contribution in [-0.2, 0) is 11.2 Å². The molecule has 0 aliphatic carbocycles. The molecule has 1 N–H and O–H groups in total. The van der Waals surface area contributed by atoms with E-state index in [4.69, 9.17) is 16.0 Å². The minimum Gasteiger partial charge on any atom is -0.421 e. The summed E-state index contributed by atoms with van der Waals surface area (Å²) in [6.45, 7) is 1.89. The number of nitrogens with one attached hydrogen (secondary N) is 1. The lowest BCUT2D eigenvalue weighted by Gasteiger charge is -2.08. The largest absolute Gasteiger partial charge is 0.421 e. The SMILES string of the molecule is Cc1ccc(Cl)cc1NC(=O)CCc1nnc(-c2ccc(F)cc2)o1. The Bertz CT molecular complexity index is 894. The molecule has 0 spiro atoms. The van der Waals surface area contributed by atoms with E-state index >= 15 is 0 Å². The molecule has 1 amide bonds. The van der Waals surface area contributed by atoms with E-state index in [1.54, 1.807) is 24.3 Å². The predicted molar refractivity (Wildman–Crippen MR) is 92.8 cm³/mol. The lowest BCUT2D eigenvalue weighted by Crippen LogP contribution is -2.13. The summed E-state index contributed by atoms with van der Waals surface area (Å²) in [7, 11) is 0. The molecule has 0 fully saturated rings. The van der Waals surface area contributed by atoms with Crippen LogP contribution in [0.4, 0.5) is 10.1 Å². The van der Waals surface area contributed by atoms with Gasteiger partial charge in [-0.1, -0.05) is 17.7 Å². The molecule has 3 rings (SSSR count). The van der Waals surface area contributed by atoms with Crippen molar-refractivity contribution in [1.82, 2.24) is 10.2 Å². The minimum atomic E-state index is -0.337. The molecule has 0 saturated heterocycles. The van der Waals surface area contributed by atoms with Gasteiger partial charge in [0, 0.05) is 29.1 Å². The van der Waals surface area contributed by atoms with Crippen LogP contribution in [0.1, 0.15) is 17.9 Å². The zero-order valence-corrected chi connectivity index (χ0v) is 14.2. The van der Waals surface area contributed by atoms with Crippen LogP contribution in [0, 0.1) is 12.7 Å². The van der Waals surface area contributed by atoms with Crippen LogP contribution in [-0.4, -0.2) is 16.1 Å². The zero-order chi connectivity index (χ0) is 17.8. The van der Waals surface area contributed by atoms with Crippen molar-refractivity contribution in [3.8, 4) is 11.5 Å². The van der Waals surface area contributed by atoms with Gasteiger partial charge in [0.2, 0.25) is 17.7 Å². The summed E-state index contributed by atoms with van der Waals surface area (Å²) in [5.74, 6) is 0.127. The zero-order valence-electron chi connectivity index (χ0n) is 13.4. The van der Waals surface area contributed by atoms with Gasteiger partial charge < -0.3 is 9.73 Å². The molecule has 25 heavy (non-hydrogen) atoms. The van der Waals surface area contributed by atoms with Gasteiger partial charge >= 0.3 is 0 Å². The number of hydrogen-bond donors (Lipinski definition) is 1. The Morgan fingerprint density at radius 1 is 1.20 bits per heavy atom. The maximum atomic E-state index is 12.9. The molecule has 0 aliphatic rings. The third kappa shape index (κ3) is 4.42. The fourth-order valence-corrected chi connectivity index (χ4v) is 2.40. The number of amides is 1. The van der Waals surface area contributed by atoms with Crippen molar-refractivity contribution in [2.75, 3.05) is 5.32 Å². The molecule has 0 unspecified atom stereocenters. The van der Waals surface area contributed by atoms with E-state index in [9.17, 15) is 9.18 Å². The molecular formula is C18H15ClFN3O2. The Balaban J connectivity index is 1.59. The number of carbonyl (C=O) groups excluding carboxylic acids is 1. The number of benzene rings is 2. The van der Waals surface area contributed by atoms with E-state index < -0.39 is 0 Å². The van der Waals surface area contributed by atoms with Crippen molar-refractivity contribution >= 4 is 23.2 Å². The monoisotopic (exact) mass is 359 g/mol. The third-order valence-electron chi connectivity index (χ3n) is 3.60. The molecule has 0 atom stereocenters. The van der Waals surface area contributed by atoms with Crippen LogP contribution in [0.15, 0.2) is 46.9 Å². The Labute approximate surface area is 148 Å². The van der Waals surface area contributed by atoms with E-state index in [0.29, 0.717) is 34.5 Å². The van der Waals surface area contributed by atoms with Crippen molar-refractivity contribution in [3.05, 3.63) is 64.8 Å². The van der Waals surface area contributed by atoms with Gasteiger partial charge in [-0.3, -0.25) is 4.79 Å². The number of rotatable bonds is 5. The first-order valence-electron chi connectivity index (χ1n) is 7.65. The number of hydrogen-bond acceptors (Lipinski definition) is 4. The molecule has 0 aliphatic heterocycles.